The first-order chi connectivity index (χ1) is 9.95. The van der Waals surface area contributed by atoms with Crippen LogP contribution in [0.15, 0.2) is 34.7 Å². The van der Waals surface area contributed by atoms with Crippen molar-refractivity contribution in [3.63, 3.8) is 0 Å². The molecule has 2 amide bonds. The molecule has 5 heteroatoms. The Morgan fingerprint density at radius 1 is 1.05 bits per heavy atom. The SMILES string of the molecule is Cc1ccc(NC(=O)C(=O)NCc2cc(C)oc2C)cc1. The van der Waals surface area contributed by atoms with E-state index in [1.54, 1.807) is 12.1 Å². The van der Waals surface area contributed by atoms with Crippen molar-refractivity contribution in [1.82, 2.24) is 5.32 Å². The van der Waals surface area contributed by atoms with Crippen LogP contribution in [0.5, 0.6) is 0 Å². The van der Waals surface area contributed by atoms with Crippen molar-refractivity contribution >= 4 is 17.5 Å². The Kier molecular flexibility index (Phi) is 4.42. The van der Waals surface area contributed by atoms with Crippen molar-refractivity contribution in [3.05, 3.63) is 53.0 Å². The predicted molar refractivity (Wildman–Crippen MR) is 79.8 cm³/mol. The van der Waals surface area contributed by atoms with Crippen LogP contribution in [0.4, 0.5) is 5.69 Å². The number of carbonyl (C=O) groups is 2. The Labute approximate surface area is 123 Å². The molecule has 1 aromatic carbocycles. The van der Waals surface area contributed by atoms with Crippen LogP contribution in [0, 0.1) is 20.8 Å². The number of nitrogens with one attached hydrogen (secondary N) is 2. The lowest BCUT2D eigenvalue weighted by Gasteiger charge is -2.06. The van der Waals surface area contributed by atoms with Crippen LogP contribution in [0.3, 0.4) is 0 Å². The topological polar surface area (TPSA) is 71.3 Å². The summed E-state index contributed by atoms with van der Waals surface area (Å²) in [6.07, 6.45) is 0. The lowest BCUT2D eigenvalue weighted by atomic mass is 10.2. The fraction of sp³-hybridized carbons (Fsp3) is 0.250. The van der Waals surface area contributed by atoms with Crippen LogP contribution in [-0.2, 0) is 16.1 Å². The number of rotatable bonds is 3. The molecule has 0 aliphatic rings. The van der Waals surface area contributed by atoms with Crippen LogP contribution >= 0.6 is 0 Å². The highest BCUT2D eigenvalue weighted by Crippen LogP contribution is 2.13. The molecule has 0 fully saturated rings. The van der Waals surface area contributed by atoms with Crippen LogP contribution in [0.1, 0.15) is 22.6 Å². The van der Waals surface area contributed by atoms with Crippen molar-refractivity contribution < 1.29 is 14.0 Å². The molecule has 2 aromatic rings. The summed E-state index contributed by atoms with van der Waals surface area (Å²) in [5.41, 5.74) is 2.54. The van der Waals surface area contributed by atoms with Gasteiger partial charge >= 0.3 is 11.8 Å². The van der Waals surface area contributed by atoms with Crippen LogP contribution in [0.2, 0.25) is 0 Å². The predicted octanol–water partition coefficient (Wildman–Crippen LogP) is 2.46. The summed E-state index contributed by atoms with van der Waals surface area (Å²) in [5.74, 6) is 0.165. The minimum absolute atomic E-state index is 0.267. The molecule has 21 heavy (non-hydrogen) atoms. The normalized spacial score (nSPS) is 10.2. The van der Waals surface area contributed by atoms with Gasteiger partial charge in [0.1, 0.15) is 11.5 Å². The third-order valence-corrected chi connectivity index (χ3v) is 3.10. The highest BCUT2D eigenvalue weighted by atomic mass is 16.3. The van der Waals surface area contributed by atoms with Gasteiger partial charge in [-0.25, -0.2) is 0 Å². The number of carbonyl (C=O) groups excluding carboxylic acids is 2. The summed E-state index contributed by atoms with van der Waals surface area (Å²) in [4.78, 5) is 23.5. The van der Waals surface area contributed by atoms with E-state index in [9.17, 15) is 9.59 Å². The molecule has 2 N–H and O–H groups in total. The minimum atomic E-state index is -0.684. The van der Waals surface area contributed by atoms with Crippen LogP contribution < -0.4 is 10.6 Å². The summed E-state index contributed by atoms with van der Waals surface area (Å²) in [7, 11) is 0. The second-order valence-electron chi connectivity index (χ2n) is 4.94. The first-order valence-corrected chi connectivity index (χ1v) is 6.67. The monoisotopic (exact) mass is 286 g/mol. The third-order valence-electron chi connectivity index (χ3n) is 3.10. The summed E-state index contributed by atoms with van der Waals surface area (Å²) in [6.45, 7) is 5.88. The van der Waals surface area contributed by atoms with Crippen LogP contribution in [0.25, 0.3) is 0 Å². The van der Waals surface area contributed by atoms with E-state index in [-0.39, 0.29) is 6.54 Å². The maximum atomic E-state index is 11.8. The fourth-order valence-electron chi connectivity index (χ4n) is 1.94. The molecule has 0 atom stereocenters. The quantitative estimate of drug-likeness (QED) is 0.851. The first kappa shape index (κ1) is 14.8. The lowest BCUT2D eigenvalue weighted by Crippen LogP contribution is -2.35. The van der Waals surface area contributed by atoms with E-state index in [1.807, 2.05) is 39.0 Å². The zero-order valence-electron chi connectivity index (χ0n) is 12.3. The van der Waals surface area contributed by atoms with Crippen molar-refractivity contribution in [2.75, 3.05) is 5.32 Å². The number of hydrogen-bond donors (Lipinski definition) is 2. The zero-order valence-corrected chi connectivity index (χ0v) is 12.3. The van der Waals surface area contributed by atoms with Crippen molar-refractivity contribution in [2.24, 2.45) is 0 Å². The van der Waals surface area contributed by atoms with E-state index in [4.69, 9.17) is 4.42 Å². The molecule has 0 spiro atoms. The van der Waals surface area contributed by atoms with E-state index in [0.29, 0.717) is 5.69 Å². The largest absolute Gasteiger partial charge is 0.466 e. The number of aryl methyl sites for hydroxylation is 3. The van der Waals surface area contributed by atoms with Gasteiger partial charge in [0.25, 0.3) is 0 Å². The summed E-state index contributed by atoms with van der Waals surface area (Å²) in [5, 5.41) is 5.12. The van der Waals surface area contributed by atoms with Crippen LogP contribution in [-0.4, -0.2) is 11.8 Å². The second kappa shape index (κ2) is 6.26. The molecule has 110 valence electrons. The van der Waals surface area contributed by atoms with Gasteiger partial charge in [-0.3, -0.25) is 9.59 Å². The maximum Gasteiger partial charge on any atom is 0.313 e. The molecule has 0 saturated heterocycles. The number of benzene rings is 1. The van der Waals surface area contributed by atoms with Gasteiger partial charge in [-0.05, 0) is 39.0 Å². The summed E-state index contributed by atoms with van der Waals surface area (Å²) < 4.78 is 5.36. The standard InChI is InChI=1S/C16H18N2O3/c1-10-4-6-14(7-5-10)18-16(20)15(19)17-9-13-8-11(2)21-12(13)3/h4-8H,9H2,1-3H3,(H,17,19)(H,18,20). The highest BCUT2D eigenvalue weighted by molar-refractivity contribution is 6.39. The van der Waals surface area contributed by atoms with Gasteiger partial charge in [-0.2, -0.15) is 0 Å². The van der Waals surface area contributed by atoms with E-state index in [1.165, 1.54) is 0 Å². The summed E-state index contributed by atoms with van der Waals surface area (Å²) in [6, 6.07) is 9.08. The Morgan fingerprint density at radius 3 is 2.29 bits per heavy atom. The Balaban J connectivity index is 1.89. The molecule has 5 nitrogen and oxygen atoms in total. The fourth-order valence-corrected chi connectivity index (χ4v) is 1.94. The minimum Gasteiger partial charge on any atom is -0.466 e. The zero-order chi connectivity index (χ0) is 15.4. The van der Waals surface area contributed by atoms with Gasteiger partial charge in [-0.1, -0.05) is 17.7 Å². The molecule has 0 bridgehead atoms. The van der Waals surface area contributed by atoms with E-state index in [2.05, 4.69) is 10.6 Å². The molecular formula is C16H18N2O3. The maximum absolute atomic E-state index is 11.8. The van der Waals surface area contributed by atoms with E-state index in [0.717, 1.165) is 22.6 Å². The number of hydrogen-bond acceptors (Lipinski definition) is 3. The molecular weight excluding hydrogens is 268 g/mol. The second-order valence-corrected chi connectivity index (χ2v) is 4.94. The third kappa shape index (κ3) is 3.95. The number of furan rings is 1. The highest BCUT2D eigenvalue weighted by Gasteiger charge is 2.14. The van der Waals surface area contributed by atoms with Gasteiger partial charge < -0.3 is 15.1 Å². The molecule has 0 saturated carbocycles. The van der Waals surface area contributed by atoms with Gasteiger partial charge in [-0.15, -0.1) is 0 Å². The number of amides is 2. The molecule has 0 unspecified atom stereocenters. The Morgan fingerprint density at radius 2 is 1.71 bits per heavy atom. The van der Waals surface area contributed by atoms with Gasteiger partial charge in [0, 0.05) is 17.8 Å². The molecule has 2 rings (SSSR count). The number of anilines is 1. The Bertz CT molecular complexity index is 657. The van der Waals surface area contributed by atoms with E-state index >= 15 is 0 Å². The van der Waals surface area contributed by atoms with Gasteiger partial charge in [0.15, 0.2) is 0 Å². The van der Waals surface area contributed by atoms with E-state index < -0.39 is 11.8 Å². The van der Waals surface area contributed by atoms with Crippen molar-refractivity contribution in [3.8, 4) is 0 Å². The Hall–Kier alpha value is -2.56. The van der Waals surface area contributed by atoms with Crippen molar-refractivity contribution in [1.29, 1.82) is 0 Å². The lowest BCUT2D eigenvalue weighted by molar-refractivity contribution is -0.136. The molecule has 1 aromatic heterocycles. The molecule has 0 aliphatic carbocycles. The average molecular weight is 286 g/mol. The van der Waals surface area contributed by atoms with Gasteiger partial charge in [0.2, 0.25) is 0 Å². The summed E-state index contributed by atoms with van der Waals surface area (Å²) >= 11 is 0. The molecule has 0 radical (unpaired) electrons. The van der Waals surface area contributed by atoms with Gasteiger partial charge in [0.05, 0.1) is 0 Å². The molecule has 0 aliphatic heterocycles. The van der Waals surface area contributed by atoms with Crippen molar-refractivity contribution in [2.45, 2.75) is 27.3 Å². The average Bonchev–Trinajstić information content (AvgIpc) is 2.76. The smallest absolute Gasteiger partial charge is 0.313 e. The first-order valence-electron chi connectivity index (χ1n) is 6.67. The molecule has 1 heterocycles.